The third-order valence-electron chi connectivity index (χ3n) is 3.13. The summed E-state index contributed by atoms with van der Waals surface area (Å²) in [5.74, 6) is -0.517. The van der Waals surface area contributed by atoms with Crippen molar-refractivity contribution in [2.45, 2.75) is 45.6 Å². The molecule has 0 bridgehead atoms. The van der Waals surface area contributed by atoms with Crippen LogP contribution in [0.2, 0.25) is 0 Å². The zero-order chi connectivity index (χ0) is 14.9. The Morgan fingerprint density at radius 1 is 1.45 bits per heavy atom. The molecule has 1 aromatic rings. The molecule has 0 unspecified atom stereocenters. The molecule has 2 rings (SSSR count). The van der Waals surface area contributed by atoms with Gasteiger partial charge in [0.1, 0.15) is 6.04 Å². The molecule has 0 saturated heterocycles. The van der Waals surface area contributed by atoms with E-state index >= 15 is 0 Å². The molecule has 110 valence electrons. The number of carboxylic acid groups (broad SMARTS) is 1. The molecule has 6 nitrogen and oxygen atoms in total. The van der Waals surface area contributed by atoms with Gasteiger partial charge in [-0.25, -0.2) is 14.6 Å². The van der Waals surface area contributed by atoms with Crippen LogP contribution in [0.25, 0.3) is 0 Å². The molecule has 0 aliphatic heterocycles. The highest BCUT2D eigenvalue weighted by atomic mass is 32.1. The number of aliphatic carboxylic acids is 1. The van der Waals surface area contributed by atoms with E-state index in [1.165, 1.54) is 11.3 Å². The number of nitrogens with zero attached hydrogens (tertiary/aromatic N) is 1. The van der Waals surface area contributed by atoms with Gasteiger partial charge >= 0.3 is 12.0 Å². The zero-order valence-corrected chi connectivity index (χ0v) is 12.6. The Balaban J connectivity index is 1.94. The smallest absolute Gasteiger partial charge is 0.326 e. The summed E-state index contributed by atoms with van der Waals surface area (Å²) >= 11 is 1.36. The highest BCUT2D eigenvalue weighted by molar-refractivity contribution is 7.13. The van der Waals surface area contributed by atoms with Gasteiger partial charge in [0, 0.05) is 11.3 Å². The molecule has 7 heteroatoms. The van der Waals surface area contributed by atoms with Crippen molar-refractivity contribution in [3.05, 3.63) is 11.1 Å². The van der Waals surface area contributed by atoms with E-state index in [1.54, 1.807) is 20.8 Å². The first-order valence-electron chi connectivity index (χ1n) is 6.53. The number of carbonyl (C=O) groups excluding carboxylic acids is 1. The summed E-state index contributed by atoms with van der Waals surface area (Å²) in [5.41, 5.74) is 0.446. The Bertz CT molecular complexity index is 517. The predicted molar refractivity (Wildman–Crippen MR) is 77.1 cm³/mol. The molecule has 0 aromatic carbocycles. The van der Waals surface area contributed by atoms with Gasteiger partial charge in [-0.15, -0.1) is 11.3 Å². The number of rotatable bonds is 4. The molecule has 0 spiro atoms. The standard InChI is InChI=1S/C13H19N3O3S/c1-13(2,3)9(10(17)18)15-11(19)16-12-14-8(6-20-12)7-4-5-7/h6-7,9H,4-5H2,1-3H3,(H,17,18)(H2,14,15,16,19)/t9-/m1/s1. The second-order valence-electron chi connectivity index (χ2n) is 6.09. The monoisotopic (exact) mass is 297 g/mol. The second kappa shape index (κ2) is 5.40. The lowest BCUT2D eigenvalue weighted by atomic mass is 9.87. The van der Waals surface area contributed by atoms with Crippen LogP contribution in [0.4, 0.5) is 9.93 Å². The molecule has 1 aliphatic rings. The predicted octanol–water partition coefficient (Wildman–Crippen LogP) is 2.64. The van der Waals surface area contributed by atoms with Crippen molar-refractivity contribution in [2.24, 2.45) is 5.41 Å². The van der Waals surface area contributed by atoms with Crippen LogP contribution >= 0.6 is 11.3 Å². The van der Waals surface area contributed by atoms with Gasteiger partial charge in [-0.3, -0.25) is 5.32 Å². The average Bonchev–Trinajstić information content (AvgIpc) is 3.06. The van der Waals surface area contributed by atoms with Crippen molar-refractivity contribution in [1.29, 1.82) is 0 Å². The van der Waals surface area contributed by atoms with Gasteiger partial charge in [0.2, 0.25) is 0 Å². The molecule has 1 heterocycles. The molecule has 1 fully saturated rings. The summed E-state index contributed by atoms with van der Waals surface area (Å²) in [5, 5.41) is 16.7. The Morgan fingerprint density at radius 3 is 2.60 bits per heavy atom. The second-order valence-corrected chi connectivity index (χ2v) is 6.95. The van der Waals surface area contributed by atoms with Crippen molar-refractivity contribution in [3.63, 3.8) is 0 Å². The molecule has 1 aromatic heterocycles. The van der Waals surface area contributed by atoms with Crippen LogP contribution in [0, 0.1) is 5.41 Å². The van der Waals surface area contributed by atoms with Crippen molar-refractivity contribution in [3.8, 4) is 0 Å². The van der Waals surface area contributed by atoms with E-state index < -0.39 is 23.5 Å². The normalized spacial score (nSPS) is 16.6. The van der Waals surface area contributed by atoms with Gasteiger partial charge in [-0.05, 0) is 18.3 Å². The maximum absolute atomic E-state index is 11.8. The van der Waals surface area contributed by atoms with Crippen LogP contribution in [-0.4, -0.2) is 28.1 Å². The van der Waals surface area contributed by atoms with Crippen molar-refractivity contribution in [1.82, 2.24) is 10.3 Å². The van der Waals surface area contributed by atoms with Crippen LogP contribution in [-0.2, 0) is 4.79 Å². The van der Waals surface area contributed by atoms with Gasteiger partial charge in [0.25, 0.3) is 0 Å². The minimum absolute atomic E-state index is 0.502. The first-order chi connectivity index (χ1) is 9.27. The molecule has 1 aliphatic carbocycles. The SMILES string of the molecule is CC(C)(C)[C@H](NC(=O)Nc1nc(C2CC2)cs1)C(=O)O. The summed E-state index contributed by atoms with van der Waals surface area (Å²) in [6, 6.07) is -1.49. The van der Waals surface area contributed by atoms with Gasteiger partial charge in [-0.1, -0.05) is 20.8 Å². The minimum atomic E-state index is -1.05. The summed E-state index contributed by atoms with van der Waals surface area (Å²) in [4.78, 5) is 27.4. The molecule has 1 atom stereocenters. The third-order valence-corrected chi connectivity index (χ3v) is 3.90. The summed E-state index contributed by atoms with van der Waals surface area (Å²) in [7, 11) is 0. The summed E-state index contributed by atoms with van der Waals surface area (Å²) < 4.78 is 0. The minimum Gasteiger partial charge on any atom is -0.480 e. The molecule has 1 saturated carbocycles. The number of hydrogen-bond donors (Lipinski definition) is 3. The Morgan fingerprint density at radius 2 is 2.10 bits per heavy atom. The summed E-state index contributed by atoms with van der Waals surface area (Å²) in [6.07, 6.45) is 2.31. The summed E-state index contributed by atoms with van der Waals surface area (Å²) in [6.45, 7) is 5.29. The zero-order valence-electron chi connectivity index (χ0n) is 11.8. The molecular formula is C13H19N3O3S. The van der Waals surface area contributed by atoms with E-state index in [0.717, 1.165) is 18.5 Å². The van der Waals surface area contributed by atoms with Gasteiger partial charge < -0.3 is 10.4 Å². The van der Waals surface area contributed by atoms with E-state index in [1.807, 2.05) is 5.38 Å². The van der Waals surface area contributed by atoms with Gasteiger partial charge in [0.15, 0.2) is 5.13 Å². The number of amides is 2. The number of carboxylic acids is 1. The fraction of sp³-hybridized carbons (Fsp3) is 0.615. The lowest BCUT2D eigenvalue weighted by Crippen LogP contribution is -2.50. The van der Waals surface area contributed by atoms with E-state index in [9.17, 15) is 9.59 Å². The number of thiazole rings is 1. The average molecular weight is 297 g/mol. The largest absolute Gasteiger partial charge is 0.480 e. The van der Waals surface area contributed by atoms with Crippen molar-refractivity contribution >= 4 is 28.5 Å². The third kappa shape index (κ3) is 3.69. The fourth-order valence-electron chi connectivity index (χ4n) is 1.82. The van der Waals surface area contributed by atoms with Crippen LogP contribution in [0.3, 0.4) is 0 Å². The Labute approximate surface area is 121 Å². The molecule has 2 amide bonds. The molecule has 20 heavy (non-hydrogen) atoms. The lowest BCUT2D eigenvalue weighted by molar-refractivity contribution is -0.141. The maximum Gasteiger partial charge on any atom is 0.326 e. The Hall–Kier alpha value is -1.63. The van der Waals surface area contributed by atoms with Crippen LogP contribution in [0.15, 0.2) is 5.38 Å². The van der Waals surface area contributed by atoms with Crippen LogP contribution < -0.4 is 10.6 Å². The number of nitrogens with one attached hydrogen (secondary N) is 2. The topological polar surface area (TPSA) is 91.3 Å². The van der Waals surface area contributed by atoms with E-state index in [2.05, 4.69) is 15.6 Å². The molecular weight excluding hydrogens is 278 g/mol. The lowest BCUT2D eigenvalue weighted by Gasteiger charge is -2.27. The quantitative estimate of drug-likeness (QED) is 0.796. The molecule has 0 radical (unpaired) electrons. The maximum atomic E-state index is 11.8. The number of aromatic nitrogens is 1. The van der Waals surface area contributed by atoms with E-state index in [4.69, 9.17) is 5.11 Å². The van der Waals surface area contributed by atoms with Crippen LogP contribution in [0.5, 0.6) is 0 Å². The first kappa shape index (κ1) is 14.8. The highest BCUT2D eigenvalue weighted by Gasteiger charge is 2.33. The van der Waals surface area contributed by atoms with Gasteiger partial charge in [0.05, 0.1) is 5.69 Å². The first-order valence-corrected chi connectivity index (χ1v) is 7.41. The van der Waals surface area contributed by atoms with Crippen molar-refractivity contribution < 1.29 is 14.7 Å². The number of carbonyl (C=O) groups is 2. The number of hydrogen-bond acceptors (Lipinski definition) is 4. The number of urea groups is 1. The number of anilines is 1. The van der Waals surface area contributed by atoms with Gasteiger partial charge in [-0.2, -0.15) is 0 Å². The van der Waals surface area contributed by atoms with E-state index in [0.29, 0.717) is 11.0 Å². The van der Waals surface area contributed by atoms with Crippen molar-refractivity contribution in [2.75, 3.05) is 5.32 Å². The molecule has 3 N–H and O–H groups in total. The highest BCUT2D eigenvalue weighted by Crippen LogP contribution is 2.40. The fourth-order valence-corrected chi connectivity index (χ4v) is 2.61. The Kier molecular flexibility index (Phi) is 3.99. The van der Waals surface area contributed by atoms with E-state index in [-0.39, 0.29) is 0 Å². The van der Waals surface area contributed by atoms with Crippen LogP contribution in [0.1, 0.15) is 45.2 Å².